The number of carbonyl (C=O) groups excluding carboxylic acids is 3. The van der Waals surface area contributed by atoms with E-state index in [1.807, 2.05) is 6.92 Å². The number of ether oxygens (including phenoxy) is 1. The van der Waals surface area contributed by atoms with Gasteiger partial charge in [0, 0.05) is 25.8 Å². The van der Waals surface area contributed by atoms with Crippen LogP contribution in [0.1, 0.15) is 38.7 Å². The van der Waals surface area contributed by atoms with Crippen molar-refractivity contribution in [2.45, 2.75) is 39.2 Å². The fourth-order valence-corrected chi connectivity index (χ4v) is 5.42. The van der Waals surface area contributed by atoms with Crippen LogP contribution < -0.4 is 15.8 Å². The molecule has 1 atom stereocenters. The number of thioether (sulfide) groups is 1. The van der Waals surface area contributed by atoms with Gasteiger partial charge >= 0.3 is 5.97 Å². The molecule has 12 heteroatoms. The van der Waals surface area contributed by atoms with E-state index in [1.165, 1.54) is 10.5 Å². The minimum atomic E-state index is -0.915. The highest BCUT2D eigenvalue weighted by molar-refractivity contribution is 8.26. The molecular weight excluding hydrogens is 502 g/mol. The van der Waals surface area contributed by atoms with E-state index in [9.17, 15) is 19.2 Å². The number of pyridine rings is 1. The van der Waals surface area contributed by atoms with Gasteiger partial charge in [-0.1, -0.05) is 43.4 Å². The molecule has 0 aromatic carbocycles. The number of piperazine rings is 1. The Morgan fingerprint density at radius 2 is 2.11 bits per heavy atom. The third-order valence-electron chi connectivity index (χ3n) is 5.90. The van der Waals surface area contributed by atoms with Gasteiger partial charge in [0.2, 0.25) is 5.91 Å². The lowest BCUT2D eigenvalue weighted by molar-refractivity contribution is -0.145. The largest absolute Gasteiger partial charge is 0.466 e. The van der Waals surface area contributed by atoms with Crippen molar-refractivity contribution in [3.63, 3.8) is 0 Å². The van der Waals surface area contributed by atoms with Crippen LogP contribution in [-0.2, 0) is 19.1 Å². The molecule has 2 aromatic rings. The zero-order valence-electron chi connectivity index (χ0n) is 20.1. The Labute approximate surface area is 217 Å². The van der Waals surface area contributed by atoms with Crippen LogP contribution in [-0.4, -0.2) is 68.7 Å². The van der Waals surface area contributed by atoms with Crippen molar-refractivity contribution in [1.82, 2.24) is 19.6 Å². The van der Waals surface area contributed by atoms with Crippen molar-refractivity contribution in [2.24, 2.45) is 0 Å². The Morgan fingerprint density at radius 1 is 1.31 bits per heavy atom. The van der Waals surface area contributed by atoms with Crippen molar-refractivity contribution in [3.8, 4) is 0 Å². The van der Waals surface area contributed by atoms with E-state index in [4.69, 9.17) is 21.9 Å². The summed E-state index contributed by atoms with van der Waals surface area (Å²) in [4.78, 5) is 60.0. The minimum absolute atomic E-state index is 0.151. The summed E-state index contributed by atoms with van der Waals surface area (Å²) < 4.78 is 6.89. The van der Waals surface area contributed by atoms with E-state index in [1.54, 1.807) is 41.1 Å². The van der Waals surface area contributed by atoms with Gasteiger partial charge in [-0.15, -0.1) is 0 Å². The van der Waals surface area contributed by atoms with E-state index in [0.717, 1.165) is 24.6 Å². The maximum absolute atomic E-state index is 13.6. The van der Waals surface area contributed by atoms with Gasteiger partial charge in [-0.2, -0.15) is 0 Å². The summed E-state index contributed by atoms with van der Waals surface area (Å²) in [6.45, 7) is 5.05. The number of esters is 1. The number of aromatic nitrogens is 2. The van der Waals surface area contributed by atoms with Crippen LogP contribution >= 0.6 is 24.0 Å². The van der Waals surface area contributed by atoms with Crippen LogP contribution in [0.3, 0.4) is 0 Å². The number of anilines is 1. The Morgan fingerprint density at radius 3 is 2.86 bits per heavy atom. The molecule has 1 N–H and O–H groups in total. The van der Waals surface area contributed by atoms with Gasteiger partial charge in [0.1, 0.15) is 21.8 Å². The lowest BCUT2D eigenvalue weighted by atomic mass is 10.1. The second-order valence-corrected chi connectivity index (χ2v) is 9.96. The van der Waals surface area contributed by atoms with Crippen LogP contribution in [0, 0.1) is 0 Å². The van der Waals surface area contributed by atoms with Crippen LogP contribution in [0.25, 0.3) is 11.7 Å². The van der Waals surface area contributed by atoms with Gasteiger partial charge in [0.05, 0.1) is 23.5 Å². The van der Waals surface area contributed by atoms with E-state index in [0.29, 0.717) is 34.5 Å². The fraction of sp³-hybridized carbons (Fsp3) is 0.417. The number of rotatable bonds is 8. The standard InChI is InChI=1S/C24H27N5O5S2/c1-3-5-10-29-23(33)17(36-24(29)35)13-15-20(26-18-8-6-7-11-28(18)22(15)32)27-12-9-25-21(31)16(27)14-19(30)34-4-2/h6-8,11,13,16H,3-5,9-10,12,14H2,1-2H3,(H,25,31)/b17-13-. The lowest BCUT2D eigenvalue weighted by Crippen LogP contribution is -2.57. The number of nitrogens with one attached hydrogen (secondary N) is 1. The Hall–Kier alpha value is -3.25. The van der Waals surface area contributed by atoms with Gasteiger partial charge in [-0.05, 0) is 31.6 Å². The number of carbonyl (C=O) groups is 3. The number of hydrogen-bond acceptors (Lipinski definition) is 9. The molecule has 0 radical (unpaired) electrons. The normalized spacial score (nSPS) is 19.3. The summed E-state index contributed by atoms with van der Waals surface area (Å²) in [5.41, 5.74) is 0.138. The zero-order chi connectivity index (χ0) is 25.8. The van der Waals surface area contributed by atoms with Gasteiger partial charge in [-0.25, -0.2) is 4.98 Å². The van der Waals surface area contributed by atoms with Crippen LogP contribution in [0.4, 0.5) is 5.82 Å². The van der Waals surface area contributed by atoms with Crippen molar-refractivity contribution in [2.75, 3.05) is 31.1 Å². The first-order valence-corrected chi connectivity index (χ1v) is 13.0. The average molecular weight is 530 g/mol. The molecule has 4 heterocycles. The van der Waals surface area contributed by atoms with Gasteiger partial charge in [0.25, 0.3) is 11.5 Å². The molecular formula is C24H27N5O5S2. The molecule has 190 valence electrons. The third-order valence-corrected chi connectivity index (χ3v) is 7.28. The monoisotopic (exact) mass is 529 g/mol. The van der Waals surface area contributed by atoms with Crippen LogP contribution in [0.5, 0.6) is 0 Å². The quantitative estimate of drug-likeness (QED) is 0.311. The van der Waals surface area contributed by atoms with E-state index in [2.05, 4.69) is 5.32 Å². The number of hydrogen-bond donors (Lipinski definition) is 1. The molecule has 2 aromatic heterocycles. The predicted octanol–water partition coefficient (Wildman–Crippen LogP) is 1.95. The Kier molecular flexibility index (Phi) is 8.04. The van der Waals surface area contributed by atoms with Gasteiger partial charge in [0.15, 0.2) is 0 Å². The molecule has 2 saturated heterocycles. The van der Waals surface area contributed by atoms with Crippen molar-refractivity contribution in [3.05, 3.63) is 45.2 Å². The molecule has 0 spiro atoms. The smallest absolute Gasteiger partial charge is 0.308 e. The first kappa shape index (κ1) is 25.8. The van der Waals surface area contributed by atoms with Gasteiger partial charge in [-0.3, -0.25) is 28.5 Å². The molecule has 4 rings (SSSR count). The highest BCUT2D eigenvalue weighted by Crippen LogP contribution is 2.34. The van der Waals surface area contributed by atoms with Crippen molar-refractivity contribution >= 4 is 63.6 Å². The maximum atomic E-state index is 13.6. The molecule has 2 aliphatic rings. The van der Waals surface area contributed by atoms with Crippen LogP contribution in [0.2, 0.25) is 0 Å². The average Bonchev–Trinajstić information content (AvgIpc) is 3.12. The van der Waals surface area contributed by atoms with E-state index in [-0.39, 0.29) is 36.2 Å². The molecule has 2 fully saturated rings. The molecule has 36 heavy (non-hydrogen) atoms. The molecule has 0 aliphatic carbocycles. The second-order valence-electron chi connectivity index (χ2n) is 8.28. The SMILES string of the molecule is CCCCN1C(=O)/C(=C/c2c(N3CCNC(=O)C3CC(=O)OCC)nc3ccccn3c2=O)SC1=S. The number of fused-ring (bicyclic) bond motifs is 1. The molecule has 2 amide bonds. The van der Waals surface area contributed by atoms with Crippen molar-refractivity contribution in [1.29, 1.82) is 0 Å². The highest BCUT2D eigenvalue weighted by atomic mass is 32.2. The summed E-state index contributed by atoms with van der Waals surface area (Å²) in [6.07, 6.45) is 4.62. The number of thiocarbonyl (C=S) groups is 1. The summed E-state index contributed by atoms with van der Waals surface area (Å²) in [5.74, 6) is -0.919. The second kappa shape index (κ2) is 11.2. The predicted molar refractivity (Wildman–Crippen MR) is 142 cm³/mol. The summed E-state index contributed by atoms with van der Waals surface area (Å²) in [6, 6.07) is 4.23. The molecule has 0 bridgehead atoms. The third kappa shape index (κ3) is 5.14. The Balaban J connectivity index is 1.83. The molecule has 0 saturated carbocycles. The number of amides is 2. The first-order valence-electron chi connectivity index (χ1n) is 11.8. The summed E-state index contributed by atoms with van der Waals surface area (Å²) in [7, 11) is 0. The number of nitrogens with zero attached hydrogens (tertiary/aromatic N) is 4. The van der Waals surface area contributed by atoms with E-state index >= 15 is 0 Å². The Bertz CT molecular complexity index is 1310. The molecule has 2 aliphatic heterocycles. The van der Waals surface area contributed by atoms with Crippen molar-refractivity contribution < 1.29 is 19.1 Å². The zero-order valence-corrected chi connectivity index (χ0v) is 21.7. The lowest BCUT2D eigenvalue weighted by Gasteiger charge is -2.36. The minimum Gasteiger partial charge on any atom is -0.466 e. The summed E-state index contributed by atoms with van der Waals surface area (Å²) >= 11 is 6.55. The number of unbranched alkanes of at least 4 members (excludes halogenated alkanes) is 1. The van der Waals surface area contributed by atoms with E-state index < -0.39 is 17.6 Å². The fourth-order valence-electron chi connectivity index (χ4n) is 4.13. The van der Waals surface area contributed by atoms with Crippen LogP contribution in [0.15, 0.2) is 34.1 Å². The molecule has 10 nitrogen and oxygen atoms in total. The highest BCUT2D eigenvalue weighted by Gasteiger charge is 2.36. The molecule has 1 unspecified atom stereocenters. The topological polar surface area (TPSA) is 113 Å². The summed E-state index contributed by atoms with van der Waals surface area (Å²) in [5, 5.41) is 2.76. The first-order chi connectivity index (χ1) is 17.3. The van der Waals surface area contributed by atoms with Gasteiger partial charge < -0.3 is 15.0 Å². The maximum Gasteiger partial charge on any atom is 0.308 e.